The lowest BCUT2D eigenvalue weighted by Crippen LogP contribution is -2.44. The van der Waals surface area contributed by atoms with Crippen LogP contribution in [-0.4, -0.2) is 66.0 Å². The fraction of sp³-hybridized carbons (Fsp3) is 0.417. The molecular weight excluding hydrogens is 418 g/mol. The number of aliphatic hydroxyl groups excluding tert-OH is 2. The minimum Gasteiger partial charge on any atom is -0.396 e. The summed E-state index contributed by atoms with van der Waals surface area (Å²) in [7, 11) is 0. The van der Waals surface area contributed by atoms with E-state index < -0.39 is 5.41 Å². The molecule has 0 amide bonds. The second-order valence-electron chi connectivity index (χ2n) is 8.85. The lowest BCUT2D eigenvalue weighted by molar-refractivity contribution is 0.0338. The third-order valence-corrected chi connectivity index (χ3v) is 6.62. The van der Waals surface area contributed by atoms with Gasteiger partial charge < -0.3 is 24.7 Å². The Balaban J connectivity index is 1.44. The van der Waals surface area contributed by atoms with Gasteiger partial charge in [-0.25, -0.2) is 15.0 Å². The number of H-pyrrole nitrogens is 1. The van der Waals surface area contributed by atoms with Crippen molar-refractivity contribution in [3.8, 4) is 22.5 Å². The number of aliphatic hydroxyl groups is 2. The number of hydrogen-bond acceptors (Lipinski definition) is 7. The number of aryl methyl sites for hydroxylation is 1. The van der Waals surface area contributed by atoms with E-state index in [0.717, 1.165) is 41.0 Å². The molecule has 4 aromatic rings. The quantitative estimate of drug-likeness (QED) is 0.399. The Labute approximate surface area is 192 Å². The average Bonchev–Trinajstić information content (AvgIpc) is 3.54. The zero-order valence-electron chi connectivity index (χ0n) is 18.8. The average molecular weight is 448 g/mol. The third kappa shape index (κ3) is 4.09. The van der Waals surface area contributed by atoms with Crippen molar-refractivity contribution in [1.29, 1.82) is 0 Å². The Morgan fingerprint density at radius 1 is 1.00 bits per heavy atom. The summed E-state index contributed by atoms with van der Waals surface area (Å²) in [6, 6.07) is 8.24. The predicted molar refractivity (Wildman–Crippen MR) is 127 cm³/mol. The van der Waals surface area contributed by atoms with Crippen LogP contribution in [0.1, 0.15) is 26.2 Å². The van der Waals surface area contributed by atoms with E-state index in [0.29, 0.717) is 37.5 Å². The molecule has 1 saturated heterocycles. The summed E-state index contributed by atoms with van der Waals surface area (Å²) in [5, 5.41) is 19.4. The maximum absolute atomic E-state index is 9.71. The molecule has 1 aliphatic rings. The van der Waals surface area contributed by atoms with Crippen molar-refractivity contribution in [1.82, 2.24) is 29.5 Å². The van der Waals surface area contributed by atoms with Crippen LogP contribution in [0, 0.1) is 5.41 Å². The van der Waals surface area contributed by atoms with Gasteiger partial charge in [-0.2, -0.15) is 4.98 Å². The first-order valence-electron chi connectivity index (χ1n) is 11.4. The molecule has 0 unspecified atom stereocenters. The Bertz CT molecular complexity index is 1220. The number of imidazole rings is 2. The van der Waals surface area contributed by atoms with E-state index in [1.54, 1.807) is 6.33 Å². The molecule has 33 heavy (non-hydrogen) atoms. The number of aromatic amines is 1. The van der Waals surface area contributed by atoms with Gasteiger partial charge in [0.25, 0.3) is 0 Å². The number of nitrogens with one attached hydrogen (secondary N) is 1. The first kappa shape index (κ1) is 21.5. The van der Waals surface area contributed by atoms with Crippen LogP contribution >= 0.6 is 0 Å². The van der Waals surface area contributed by atoms with Crippen LogP contribution in [0.3, 0.4) is 0 Å². The summed E-state index contributed by atoms with van der Waals surface area (Å²) in [6.07, 6.45) is 8.04. The Morgan fingerprint density at radius 3 is 2.42 bits per heavy atom. The molecule has 1 fully saturated rings. The number of hydrogen-bond donors (Lipinski definition) is 3. The Hall–Kier alpha value is -3.30. The van der Waals surface area contributed by atoms with E-state index in [9.17, 15) is 10.2 Å². The molecule has 5 rings (SSSR count). The summed E-state index contributed by atoms with van der Waals surface area (Å²) in [4.78, 5) is 23.8. The lowest BCUT2D eigenvalue weighted by Gasteiger charge is -2.39. The molecule has 0 bridgehead atoms. The topological polar surface area (TPSA) is 116 Å². The summed E-state index contributed by atoms with van der Waals surface area (Å²) >= 11 is 0. The number of piperidine rings is 1. The normalized spacial score (nSPS) is 15.9. The molecule has 3 aromatic heterocycles. The van der Waals surface area contributed by atoms with Gasteiger partial charge in [0.05, 0.1) is 31.6 Å². The Kier molecular flexibility index (Phi) is 5.82. The molecular formula is C24H29N7O2. The number of nitrogens with zero attached hydrogens (tertiary/aromatic N) is 6. The van der Waals surface area contributed by atoms with Crippen LogP contribution in [0.4, 0.5) is 5.95 Å². The smallest absolute Gasteiger partial charge is 0.228 e. The molecule has 0 spiro atoms. The van der Waals surface area contributed by atoms with Crippen LogP contribution < -0.4 is 4.90 Å². The molecule has 0 radical (unpaired) electrons. The standard InChI is InChI=1S/C24H29N7O2/c1-2-9-30-12-19(27-16-30)17-3-5-18(6-4-17)20-21-22(26-15-25-21)29-23(28-20)31-10-7-24(13-32,14-33)8-11-31/h3-6,12,15-16,32-33H,2,7-11,13-14H2,1H3,(H,25,26,28,29). The van der Waals surface area contributed by atoms with Crippen LogP contribution in [0.15, 0.2) is 43.1 Å². The summed E-state index contributed by atoms with van der Waals surface area (Å²) < 4.78 is 2.11. The van der Waals surface area contributed by atoms with Gasteiger partial charge in [-0.1, -0.05) is 31.2 Å². The second-order valence-corrected chi connectivity index (χ2v) is 8.85. The zero-order valence-corrected chi connectivity index (χ0v) is 18.8. The van der Waals surface area contributed by atoms with Crippen LogP contribution in [0.25, 0.3) is 33.7 Å². The third-order valence-electron chi connectivity index (χ3n) is 6.62. The van der Waals surface area contributed by atoms with Crippen molar-refractivity contribution in [2.75, 3.05) is 31.2 Å². The highest BCUT2D eigenvalue weighted by Gasteiger charge is 2.34. The van der Waals surface area contributed by atoms with Gasteiger partial charge in [0.2, 0.25) is 5.95 Å². The van der Waals surface area contributed by atoms with E-state index in [-0.39, 0.29) is 13.2 Å². The van der Waals surface area contributed by atoms with Crippen molar-refractivity contribution >= 4 is 17.1 Å². The van der Waals surface area contributed by atoms with Gasteiger partial charge in [0.15, 0.2) is 5.65 Å². The number of benzene rings is 1. The molecule has 0 aliphatic carbocycles. The van der Waals surface area contributed by atoms with E-state index in [1.807, 2.05) is 6.33 Å². The van der Waals surface area contributed by atoms with E-state index in [1.165, 1.54) is 0 Å². The molecule has 9 heteroatoms. The number of aromatic nitrogens is 6. The van der Waals surface area contributed by atoms with Gasteiger partial charge in [-0.05, 0) is 19.3 Å². The highest BCUT2D eigenvalue weighted by Crippen LogP contribution is 2.33. The fourth-order valence-electron chi connectivity index (χ4n) is 4.41. The van der Waals surface area contributed by atoms with Gasteiger partial charge >= 0.3 is 0 Å². The first-order chi connectivity index (χ1) is 16.1. The predicted octanol–water partition coefficient (Wildman–Crippen LogP) is 2.86. The summed E-state index contributed by atoms with van der Waals surface area (Å²) in [5.74, 6) is 0.622. The van der Waals surface area contributed by atoms with Gasteiger partial charge in [-0.15, -0.1) is 0 Å². The van der Waals surface area contributed by atoms with Crippen LogP contribution in [-0.2, 0) is 6.54 Å². The highest BCUT2D eigenvalue weighted by molar-refractivity contribution is 5.88. The summed E-state index contributed by atoms with van der Waals surface area (Å²) in [5.41, 5.74) is 4.79. The maximum Gasteiger partial charge on any atom is 0.228 e. The van der Waals surface area contributed by atoms with Crippen molar-refractivity contribution in [2.24, 2.45) is 5.41 Å². The first-order valence-corrected chi connectivity index (χ1v) is 11.4. The van der Waals surface area contributed by atoms with Crippen LogP contribution in [0.5, 0.6) is 0 Å². The fourth-order valence-corrected chi connectivity index (χ4v) is 4.41. The molecule has 0 saturated carbocycles. The van der Waals surface area contributed by atoms with Crippen molar-refractivity contribution in [3.05, 3.63) is 43.1 Å². The summed E-state index contributed by atoms with van der Waals surface area (Å²) in [6.45, 7) is 4.45. The van der Waals surface area contributed by atoms with Gasteiger partial charge in [0, 0.05) is 42.4 Å². The number of fused-ring (bicyclic) bond motifs is 1. The lowest BCUT2D eigenvalue weighted by atomic mass is 9.80. The molecule has 1 aliphatic heterocycles. The highest BCUT2D eigenvalue weighted by atomic mass is 16.3. The number of anilines is 1. The molecule has 4 heterocycles. The molecule has 1 aromatic carbocycles. The second kappa shape index (κ2) is 8.92. The van der Waals surface area contributed by atoms with E-state index in [4.69, 9.17) is 4.98 Å². The van der Waals surface area contributed by atoms with Gasteiger partial charge in [-0.3, -0.25) is 0 Å². The maximum atomic E-state index is 9.71. The SMILES string of the molecule is CCCn1cnc(-c2ccc(-c3nc(N4CCC(CO)(CO)CC4)nc4nc[nH]c34)cc2)c1. The number of rotatable bonds is 7. The minimum atomic E-state index is -0.421. The Morgan fingerprint density at radius 2 is 1.73 bits per heavy atom. The monoisotopic (exact) mass is 447 g/mol. The molecule has 0 atom stereocenters. The zero-order chi connectivity index (χ0) is 22.8. The molecule has 3 N–H and O–H groups in total. The van der Waals surface area contributed by atoms with E-state index >= 15 is 0 Å². The van der Waals surface area contributed by atoms with Crippen molar-refractivity contribution in [3.63, 3.8) is 0 Å². The van der Waals surface area contributed by atoms with E-state index in [2.05, 4.69) is 66.8 Å². The van der Waals surface area contributed by atoms with Crippen molar-refractivity contribution in [2.45, 2.75) is 32.7 Å². The molecule has 9 nitrogen and oxygen atoms in total. The largest absolute Gasteiger partial charge is 0.396 e. The van der Waals surface area contributed by atoms with Crippen molar-refractivity contribution < 1.29 is 10.2 Å². The van der Waals surface area contributed by atoms with Gasteiger partial charge in [0.1, 0.15) is 11.2 Å². The van der Waals surface area contributed by atoms with Crippen LogP contribution in [0.2, 0.25) is 0 Å². The minimum absolute atomic E-state index is 0.00905. The molecule has 172 valence electrons.